The lowest BCUT2D eigenvalue weighted by Crippen LogP contribution is -2.33. The standard InChI is InChI=1S/C16H35NO3/c1-3-4-5-6-7-8-9-10-11-17(2)13-15(19)12-16(20)14-18/h15-16,18-20H,3-14H2,1-2H3/t15-,16-/m0/s1. The van der Waals surface area contributed by atoms with Crippen LogP contribution in [0.1, 0.15) is 64.7 Å². The molecule has 122 valence electrons. The van der Waals surface area contributed by atoms with Gasteiger partial charge >= 0.3 is 0 Å². The molecule has 0 saturated carbocycles. The van der Waals surface area contributed by atoms with Gasteiger partial charge in [0.05, 0.1) is 18.8 Å². The zero-order chi connectivity index (χ0) is 15.2. The Morgan fingerprint density at radius 3 is 1.95 bits per heavy atom. The molecule has 0 aromatic heterocycles. The lowest BCUT2D eigenvalue weighted by molar-refractivity contribution is 0.0299. The lowest BCUT2D eigenvalue weighted by atomic mass is 10.1. The molecule has 0 bridgehead atoms. The molecule has 2 atom stereocenters. The molecule has 0 amide bonds. The van der Waals surface area contributed by atoms with Crippen LogP contribution in [0.2, 0.25) is 0 Å². The minimum Gasteiger partial charge on any atom is -0.394 e. The SMILES string of the molecule is CCCCCCCCCCN(C)C[C@@H](O)C[C@H](O)CO. The maximum atomic E-state index is 9.73. The first-order valence-electron chi connectivity index (χ1n) is 8.25. The van der Waals surface area contributed by atoms with Gasteiger partial charge in [-0.15, -0.1) is 0 Å². The Morgan fingerprint density at radius 2 is 1.40 bits per heavy atom. The second-order valence-electron chi connectivity index (χ2n) is 5.96. The van der Waals surface area contributed by atoms with Gasteiger partial charge in [0.25, 0.3) is 0 Å². The Hall–Kier alpha value is -0.160. The van der Waals surface area contributed by atoms with Crippen LogP contribution >= 0.6 is 0 Å². The van der Waals surface area contributed by atoms with Crippen molar-refractivity contribution in [3.63, 3.8) is 0 Å². The van der Waals surface area contributed by atoms with Crippen molar-refractivity contribution in [1.82, 2.24) is 4.90 Å². The largest absolute Gasteiger partial charge is 0.394 e. The average molecular weight is 289 g/mol. The maximum absolute atomic E-state index is 9.73. The fraction of sp³-hybridized carbons (Fsp3) is 1.00. The summed E-state index contributed by atoms with van der Waals surface area (Å²) in [6, 6.07) is 0. The zero-order valence-electron chi connectivity index (χ0n) is 13.4. The van der Waals surface area contributed by atoms with E-state index in [-0.39, 0.29) is 13.0 Å². The molecular weight excluding hydrogens is 254 g/mol. The maximum Gasteiger partial charge on any atom is 0.0796 e. The normalized spacial score (nSPS) is 14.7. The van der Waals surface area contributed by atoms with Crippen LogP contribution in [0.15, 0.2) is 0 Å². The van der Waals surface area contributed by atoms with Gasteiger partial charge < -0.3 is 20.2 Å². The molecule has 3 N–H and O–H groups in total. The highest BCUT2D eigenvalue weighted by Crippen LogP contribution is 2.09. The van der Waals surface area contributed by atoms with Crippen LogP contribution in [-0.2, 0) is 0 Å². The summed E-state index contributed by atoms with van der Waals surface area (Å²) in [7, 11) is 2.00. The molecule has 0 aliphatic carbocycles. The van der Waals surface area contributed by atoms with Gasteiger partial charge in [-0.3, -0.25) is 0 Å². The van der Waals surface area contributed by atoms with Gasteiger partial charge in [-0.05, 0) is 20.0 Å². The molecule has 0 saturated heterocycles. The Bertz CT molecular complexity index is 202. The second kappa shape index (κ2) is 13.8. The Balaban J connectivity index is 3.37. The molecular formula is C16H35NO3. The van der Waals surface area contributed by atoms with E-state index in [2.05, 4.69) is 11.8 Å². The van der Waals surface area contributed by atoms with Crippen molar-refractivity contribution >= 4 is 0 Å². The lowest BCUT2D eigenvalue weighted by Gasteiger charge is -2.21. The monoisotopic (exact) mass is 289 g/mol. The van der Waals surface area contributed by atoms with Crippen molar-refractivity contribution in [2.75, 3.05) is 26.7 Å². The van der Waals surface area contributed by atoms with Crippen molar-refractivity contribution in [3.8, 4) is 0 Å². The molecule has 4 heteroatoms. The summed E-state index contributed by atoms with van der Waals surface area (Å²) in [6.07, 6.45) is 9.36. The summed E-state index contributed by atoms with van der Waals surface area (Å²) in [5, 5.41) is 27.7. The number of hydrogen-bond donors (Lipinski definition) is 3. The topological polar surface area (TPSA) is 63.9 Å². The molecule has 4 nitrogen and oxygen atoms in total. The van der Waals surface area contributed by atoms with Crippen LogP contribution in [-0.4, -0.2) is 59.2 Å². The van der Waals surface area contributed by atoms with Crippen LogP contribution in [0.3, 0.4) is 0 Å². The predicted molar refractivity (Wildman–Crippen MR) is 83.8 cm³/mol. The fourth-order valence-corrected chi connectivity index (χ4v) is 2.43. The third-order valence-electron chi connectivity index (χ3n) is 3.67. The number of aliphatic hydroxyl groups excluding tert-OH is 3. The highest BCUT2D eigenvalue weighted by Gasteiger charge is 2.12. The summed E-state index contributed by atoms with van der Waals surface area (Å²) >= 11 is 0. The number of nitrogens with zero attached hydrogens (tertiary/aromatic N) is 1. The third-order valence-corrected chi connectivity index (χ3v) is 3.67. The number of rotatable bonds is 14. The molecule has 0 radical (unpaired) electrons. The Morgan fingerprint density at radius 1 is 0.850 bits per heavy atom. The van der Waals surface area contributed by atoms with E-state index in [0.29, 0.717) is 6.54 Å². The number of likely N-dealkylation sites (N-methyl/N-ethyl adjacent to an activating group) is 1. The van der Waals surface area contributed by atoms with Crippen molar-refractivity contribution < 1.29 is 15.3 Å². The first kappa shape index (κ1) is 19.8. The molecule has 0 unspecified atom stereocenters. The number of aliphatic hydroxyl groups is 3. The molecule has 0 rings (SSSR count). The molecule has 20 heavy (non-hydrogen) atoms. The Kier molecular flexibility index (Phi) is 13.7. The van der Waals surface area contributed by atoms with Crippen LogP contribution in [0.25, 0.3) is 0 Å². The van der Waals surface area contributed by atoms with Crippen molar-refractivity contribution in [2.45, 2.75) is 76.9 Å². The van der Waals surface area contributed by atoms with Crippen LogP contribution in [0.5, 0.6) is 0 Å². The fourth-order valence-electron chi connectivity index (χ4n) is 2.43. The van der Waals surface area contributed by atoms with E-state index in [1.54, 1.807) is 0 Å². The summed E-state index contributed by atoms with van der Waals surface area (Å²) in [4.78, 5) is 2.10. The first-order chi connectivity index (χ1) is 9.60. The number of unbranched alkanes of at least 4 members (excludes halogenated alkanes) is 7. The van der Waals surface area contributed by atoms with Gasteiger partial charge in [0.15, 0.2) is 0 Å². The van der Waals surface area contributed by atoms with Gasteiger partial charge in [-0.25, -0.2) is 0 Å². The molecule has 0 aliphatic rings. The summed E-state index contributed by atoms with van der Waals surface area (Å²) in [5.74, 6) is 0. The van der Waals surface area contributed by atoms with E-state index in [4.69, 9.17) is 5.11 Å². The van der Waals surface area contributed by atoms with Crippen molar-refractivity contribution in [3.05, 3.63) is 0 Å². The molecule has 0 aromatic carbocycles. The minimum absolute atomic E-state index is 0.248. The van der Waals surface area contributed by atoms with Crippen LogP contribution in [0.4, 0.5) is 0 Å². The minimum atomic E-state index is -0.804. The first-order valence-corrected chi connectivity index (χ1v) is 8.25. The highest BCUT2D eigenvalue weighted by atomic mass is 16.3. The highest BCUT2D eigenvalue weighted by molar-refractivity contribution is 4.66. The van der Waals surface area contributed by atoms with Gasteiger partial charge in [0.2, 0.25) is 0 Å². The van der Waals surface area contributed by atoms with E-state index >= 15 is 0 Å². The molecule has 0 aromatic rings. The van der Waals surface area contributed by atoms with E-state index in [9.17, 15) is 10.2 Å². The van der Waals surface area contributed by atoms with Gasteiger partial charge in [-0.2, -0.15) is 0 Å². The second-order valence-corrected chi connectivity index (χ2v) is 5.96. The zero-order valence-corrected chi connectivity index (χ0v) is 13.4. The smallest absolute Gasteiger partial charge is 0.0796 e. The van der Waals surface area contributed by atoms with Crippen LogP contribution in [0, 0.1) is 0 Å². The molecule has 0 aliphatic heterocycles. The summed E-state index contributed by atoms with van der Waals surface area (Å²) in [5.41, 5.74) is 0. The molecule has 0 heterocycles. The average Bonchev–Trinajstić information content (AvgIpc) is 2.41. The Labute approximate surface area is 124 Å². The van der Waals surface area contributed by atoms with Gasteiger partial charge in [0, 0.05) is 13.0 Å². The summed E-state index contributed by atoms with van der Waals surface area (Å²) in [6.45, 7) is 3.51. The predicted octanol–water partition coefficient (Wildman–Crippen LogP) is 2.16. The summed E-state index contributed by atoms with van der Waals surface area (Å²) < 4.78 is 0. The van der Waals surface area contributed by atoms with E-state index < -0.39 is 12.2 Å². The van der Waals surface area contributed by atoms with Crippen LogP contribution < -0.4 is 0 Å². The van der Waals surface area contributed by atoms with Gasteiger partial charge in [0.1, 0.15) is 0 Å². The van der Waals surface area contributed by atoms with E-state index in [1.807, 2.05) is 7.05 Å². The molecule has 0 fully saturated rings. The number of hydrogen-bond acceptors (Lipinski definition) is 4. The quantitative estimate of drug-likeness (QED) is 0.429. The van der Waals surface area contributed by atoms with E-state index in [1.165, 1.54) is 51.4 Å². The van der Waals surface area contributed by atoms with E-state index in [0.717, 1.165) is 6.54 Å². The molecule has 0 spiro atoms. The van der Waals surface area contributed by atoms with Gasteiger partial charge in [-0.1, -0.05) is 51.9 Å². The third kappa shape index (κ3) is 12.9. The van der Waals surface area contributed by atoms with Crippen molar-refractivity contribution in [1.29, 1.82) is 0 Å². The van der Waals surface area contributed by atoms with Crippen molar-refractivity contribution in [2.24, 2.45) is 0 Å².